The highest BCUT2D eigenvalue weighted by Gasteiger charge is 2.13. The van der Waals surface area contributed by atoms with Gasteiger partial charge in [0.1, 0.15) is 11.6 Å². The van der Waals surface area contributed by atoms with Crippen molar-refractivity contribution < 1.29 is 13.9 Å². The lowest BCUT2D eigenvalue weighted by Gasteiger charge is -2.10. The largest absolute Gasteiger partial charge is 0.495 e. The molecule has 2 rings (SSSR count). The van der Waals surface area contributed by atoms with Crippen LogP contribution in [0.4, 0.5) is 15.8 Å². The van der Waals surface area contributed by atoms with E-state index in [-0.39, 0.29) is 5.69 Å². The predicted octanol–water partition coefficient (Wildman–Crippen LogP) is 3.43. The average Bonchev–Trinajstić information content (AvgIpc) is 2.42. The highest BCUT2D eigenvalue weighted by molar-refractivity contribution is 9.10. The van der Waals surface area contributed by atoms with Gasteiger partial charge in [-0.1, -0.05) is 6.07 Å². The van der Waals surface area contributed by atoms with E-state index in [0.29, 0.717) is 21.5 Å². The van der Waals surface area contributed by atoms with E-state index < -0.39 is 11.7 Å². The molecule has 2 aromatic rings. The molecule has 0 saturated heterocycles. The number of hydrogen-bond donors (Lipinski definition) is 2. The summed E-state index contributed by atoms with van der Waals surface area (Å²) in [6, 6.07) is 9.06. The molecule has 2 aromatic carbocycles. The Labute approximate surface area is 123 Å². The molecule has 0 bridgehead atoms. The lowest BCUT2D eigenvalue weighted by molar-refractivity contribution is 0.102. The number of nitrogen functional groups attached to an aromatic ring is 1. The molecule has 104 valence electrons. The zero-order valence-corrected chi connectivity index (χ0v) is 12.2. The Balaban J connectivity index is 2.26. The minimum Gasteiger partial charge on any atom is -0.495 e. The second kappa shape index (κ2) is 5.92. The molecule has 0 saturated carbocycles. The number of carbonyl (C=O) groups is 1. The molecule has 0 heterocycles. The van der Waals surface area contributed by atoms with E-state index in [1.54, 1.807) is 24.3 Å². The maximum absolute atomic E-state index is 13.6. The van der Waals surface area contributed by atoms with Crippen LogP contribution in [0.2, 0.25) is 0 Å². The number of anilines is 2. The molecule has 4 nitrogen and oxygen atoms in total. The average molecular weight is 339 g/mol. The summed E-state index contributed by atoms with van der Waals surface area (Å²) >= 11 is 3.19. The lowest BCUT2D eigenvalue weighted by Crippen LogP contribution is -2.14. The number of methoxy groups -OCH3 is 1. The van der Waals surface area contributed by atoms with Crippen molar-refractivity contribution in [2.75, 3.05) is 18.2 Å². The standard InChI is InChI=1S/C14H12BrFN2O2/c1-20-12-6-5-8(7-11(12)17)14(19)18-13-9(15)3-2-4-10(13)16/h2-7H,17H2,1H3,(H,18,19). The van der Waals surface area contributed by atoms with Crippen LogP contribution in [0.25, 0.3) is 0 Å². The van der Waals surface area contributed by atoms with Gasteiger partial charge in [-0.05, 0) is 46.3 Å². The van der Waals surface area contributed by atoms with Crippen molar-refractivity contribution in [3.05, 3.63) is 52.3 Å². The maximum atomic E-state index is 13.6. The molecular weight excluding hydrogens is 327 g/mol. The number of ether oxygens (including phenoxy) is 1. The molecule has 0 aliphatic carbocycles. The Bertz CT molecular complexity index is 641. The van der Waals surface area contributed by atoms with Crippen LogP contribution in [0.3, 0.4) is 0 Å². The van der Waals surface area contributed by atoms with E-state index >= 15 is 0 Å². The van der Waals surface area contributed by atoms with Crippen molar-refractivity contribution >= 4 is 33.2 Å². The molecule has 0 radical (unpaired) electrons. The van der Waals surface area contributed by atoms with Crippen molar-refractivity contribution in [1.82, 2.24) is 0 Å². The van der Waals surface area contributed by atoms with Crippen molar-refractivity contribution in [2.45, 2.75) is 0 Å². The fourth-order valence-electron chi connectivity index (χ4n) is 1.68. The van der Waals surface area contributed by atoms with Gasteiger partial charge in [0.2, 0.25) is 0 Å². The highest BCUT2D eigenvalue weighted by atomic mass is 79.9. The molecule has 0 unspecified atom stereocenters. The van der Waals surface area contributed by atoms with Crippen LogP contribution >= 0.6 is 15.9 Å². The number of hydrogen-bond acceptors (Lipinski definition) is 3. The number of rotatable bonds is 3. The molecule has 3 N–H and O–H groups in total. The Morgan fingerprint density at radius 3 is 2.70 bits per heavy atom. The van der Waals surface area contributed by atoms with E-state index in [2.05, 4.69) is 21.2 Å². The van der Waals surface area contributed by atoms with E-state index in [1.165, 1.54) is 19.2 Å². The number of para-hydroxylation sites is 1. The van der Waals surface area contributed by atoms with Crippen LogP contribution in [0.15, 0.2) is 40.9 Å². The van der Waals surface area contributed by atoms with E-state index in [9.17, 15) is 9.18 Å². The molecule has 0 aromatic heterocycles. The highest BCUT2D eigenvalue weighted by Crippen LogP contribution is 2.27. The molecule has 0 spiro atoms. The van der Waals surface area contributed by atoms with Gasteiger partial charge >= 0.3 is 0 Å². The van der Waals surface area contributed by atoms with Gasteiger partial charge < -0.3 is 15.8 Å². The number of carbonyl (C=O) groups excluding carboxylic acids is 1. The van der Waals surface area contributed by atoms with Crippen molar-refractivity contribution in [2.24, 2.45) is 0 Å². The fourth-order valence-corrected chi connectivity index (χ4v) is 2.12. The predicted molar refractivity (Wildman–Crippen MR) is 79.5 cm³/mol. The minimum atomic E-state index is -0.519. The Morgan fingerprint density at radius 2 is 2.10 bits per heavy atom. The first-order valence-electron chi connectivity index (χ1n) is 5.72. The van der Waals surface area contributed by atoms with Gasteiger partial charge in [-0.15, -0.1) is 0 Å². The summed E-state index contributed by atoms with van der Waals surface area (Å²) in [5, 5.41) is 2.50. The summed E-state index contributed by atoms with van der Waals surface area (Å²) in [4.78, 5) is 12.1. The van der Waals surface area contributed by atoms with Gasteiger partial charge in [0, 0.05) is 10.0 Å². The number of amides is 1. The topological polar surface area (TPSA) is 64.3 Å². The van der Waals surface area contributed by atoms with Gasteiger partial charge in [-0.25, -0.2) is 4.39 Å². The Hall–Kier alpha value is -2.08. The van der Waals surface area contributed by atoms with Crippen LogP contribution in [0, 0.1) is 5.82 Å². The SMILES string of the molecule is COc1ccc(C(=O)Nc2c(F)cccc2Br)cc1N. The lowest BCUT2D eigenvalue weighted by atomic mass is 10.1. The monoisotopic (exact) mass is 338 g/mol. The minimum absolute atomic E-state index is 0.0897. The quantitative estimate of drug-likeness (QED) is 0.842. The van der Waals surface area contributed by atoms with Gasteiger partial charge in [0.05, 0.1) is 18.5 Å². The van der Waals surface area contributed by atoms with Gasteiger partial charge in [-0.3, -0.25) is 4.79 Å². The third kappa shape index (κ3) is 2.91. The molecule has 20 heavy (non-hydrogen) atoms. The normalized spacial score (nSPS) is 10.2. The maximum Gasteiger partial charge on any atom is 0.255 e. The van der Waals surface area contributed by atoms with Crippen LogP contribution in [-0.4, -0.2) is 13.0 Å². The second-order valence-electron chi connectivity index (χ2n) is 4.01. The number of nitrogens with two attached hydrogens (primary N) is 1. The zero-order chi connectivity index (χ0) is 14.7. The van der Waals surface area contributed by atoms with Gasteiger partial charge in [0.25, 0.3) is 5.91 Å². The molecular formula is C14H12BrFN2O2. The number of nitrogens with one attached hydrogen (secondary N) is 1. The molecule has 0 fully saturated rings. The Kier molecular flexibility index (Phi) is 4.24. The third-order valence-corrected chi connectivity index (χ3v) is 3.35. The van der Waals surface area contributed by atoms with Gasteiger partial charge in [-0.2, -0.15) is 0 Å². The third-order valence-electron chi connectivity index (χ3n) is 2.69. The molecule has 0 atom stereocenters. The first-order chi connectivity index (χ1) is 9.52. The van der Waals surface area contributed by atoms with Crippen LogP contribution in [-0.2, 0) is 0 Å². The summed E-state index contributed by atoms with van der Waals surface area (Å²) in [6.07, 6.45) is 0. The van der Waals surface area contributed by atoms with Crippen molar-refractivity contribution in [1.29, 1.82) is 0 Å². The van der Waals surface area contributed by atoms with Gasteiger partial charge in [0.15, 0.2) is 0 Å². The first kappa shape index (κ1) is 14.3. The molecule has 1 amide bonds. The van der Waals surface area contributed by atoms with Crippen LogP contribution in [0.1, 0.15) is 10.4 Å². The van der Waals surface area contributed by atoms with E-state index in [1.807, 2.05) is 0 Å². The summed E-state index contributed by atoms with van der Waals surface area (Å²) in [6.45, 7) is 0. The Morgan fingerprint density at radius 1 is 1.35 bits per heavy atom. The van der Waals surface area contributed by atoms with Crippen molar-refractivity contribution in [3.8, 4) is 5.75 Å². The van der Waals surface area contributed by atoms with Crippen molar-refractivity contribution in [3.63, 3.8) is 0 Å². The van der Waals surface area contributed by atoms with E-state index in [0.717, 1.165) is 0 Å². The summed E-state index contributed by atoms with van der Waals surface area (Å²) < 4.78 is 19.1. The van der Waals surface area contributed by atoms with E-state index in [4.69, 9.17) is 10.5 Å². The summed E-state index contributed by atoms with van der Waals surface area (Å²) in [7, 11) is 1.49. The summed E-state index contributed by atoms with van der Waals surface area (Å²) in [5.74, 6) is -0.493. The van der Waals surface area contributed by atoms with Crippen LogP contribution in [0.5, 0.6) is 5.75 Å². The van der Waals surface area contributed by atoms with Crippen LogP contribution < -0.4 is 15.8 Å². The number of halogens is 2. The smallest absolute Gasteiger partial charge is 0.255 e. The number of benzene rings is 2. The first-order valence-corrected chi connectivity index (χ1v) is 6.51. The molecule has 0 aliphatic rings. The second-order valence-corrected chi connectivity index (χ2v) is 4.86. The zero-order valence-electron chi connectivity index (χ0n) is 10.6. The molecule has 6 heteroatoms. The molecule has 0 aliphatic heterocycles. The fraction of sp³-hybridized carbons (Fsp3) is 0.0714. The summed E-state index contributed by atoms with van der Waals surface area (Å²) in [5.41, 5.74) is 6.48.